The number of aromatic nitrogens is 2. The standard InChI is InChI=1S/C14H13N3O4/c1-21-14(20)12-6-10(4-5-15-12)16-7-9-2-3-11(13(18)19)17-8-9/h2-6,8H,7H2,1H3,(H,15,16)(H,18,19). The molecule has 0 radical (unpaired) electrons. The Morgan fingerprint density at radius 1 is 1.24 bits per heavy atom. The fraction of sp³-hybridized carbons (Fsp3) is 0.143. The van der Waals surface area contributed by atoms with Crippen LogP contribution in [0.1, 0.15) is 26.5 Å². The fourth-order valence-electron chi connectivity index (χ4n) is 1.62. The van der Waals surface area contributed by atoms with Gasteiger partial charge in [0.1, 0.15) is 11.4 Å². The molecule has 7 heteroatoms. The number of rotatable bonds is 5. The van der Waals surface area contributed by atoms with Crippen molar-refractivity contribution in [1.82, 2.24) is 9.97 Å². The van der Waals surface area contributed by atoms with E-state index in [1.807, 2.05) is 0 Å². The molecule has 0 saturated carbocycles. The zero-order valence-electron chi connectivity index (χ0n) is 11.2. The molecule has 0 saturated heterocycles. The monoisotopic (exact) mass is 287 g/mol. The summed E-state index contributed by atoms with van der Waals surface area (Å²) in [5.41, 5.74) is 1.72. The van der Waals surface area contributed by atoms with Gasteiger partial charge in [-0.05, 0) is 23.8 Å². The number of nitrogens with one attached hydrogen (secondary N) is 1. The molecule has 0 atom stereocenters. The van der Waals surface area contributed by atoms with E-state index < -0.39 is 11.9 Å². The van der Waals surface area contributed by atoms with E-state index in [1.165, 1.54) is 25.6 Å². The molecule has 0 spiro atoms. The Balaban J connectivity index is 2.02. The maximum atomic E-state index is 11.4. The van der Waals surface area contributed by atoms with Gasteiger partial charge < -0.3 is 15.2 Å². The Hall–Kier alpha value is -2.96. The molecule has 2 heterocycles. The van der Waals surface area contributed by atoms with E-state index in [0.29, 0.717) is 12.2 Å². The molecule has 21 heavy (non-hydrogen) atoms. The number of hydrogen-bond acceptors (Lipinski definition) is 6. The topological polar surface area (TPSA) is 101 Å². The van der Waals surface area contributed by atoms with E-state index in [9.17, 15) is 9.59 Å². The van der Waals surface area contributed by atoms with E-state index in [1.54, 1.807) is 18.2 Å². The van der Waals surface area contributed by atoms with Crippen LogP contribution < -0.4 is 5.32 Å². The predicted molar refractivity (Wildman–Crippen MR) is 74.1 cm³/mol. The molecule has 2 N–H and O–H groups in total. The summed E-state index contributed by atoms with van der Waals surface area (Å²) in [6.07, 6.45) is 2.99. The number of methoxy groups -OCH3 is 1. The normalized spacial score (nSPS) is 9.95. The fourth-order valence-corrected chi connectivity index (χ4v) is 1.62. The van der Waals surface area contributed by atoms with Gasteiger partial charge in [-0.2, -0.15) is 0 Å². The molecule has 0 amide bonds. The van der Waals surface area contributed by atoms with Crippen LogP contribution in [0.2, 0.25) is 0 Å². The van der Waals surface area contributed by atoms with Crippen molar-refractivity contribution >= 4 is 17.6 Å². The summed E-state index contributed by atoms with van der Waals surface area (Å²) in [6, 6.07) is 6.40. The van der Waals surface area contributed by atoms with E-state index in [0.717, 1.165) is 5.56 Å². The van der Waals surface area contributed by atoms with Crippen molar-refractivity contribution in [3.05, 3.63) is 53.6 Å². The van der Waals surface area contributed by atoms with Crippen molar-refractivity contribution in [2.24, 2.45) is 0 Å². The highest BCUT2D eigenvalue weighted by Gasteiger charge is 2.07. The van der Waals surface area contributed by atoms with Crippen molar-refractivity contribution in [3.8, 4) is 0 Å². The number of pyridine rings is 2. The lowest BCUT2D eigenvalue weighted by molar-refractivity contribution is 0.0593. The lowest BCUT2D eigenvalue weighted by Crippen LogP contribution is -2.06. The molecule has 0 unspecified atom stereocenters. The van der Waals surface area contributed by atoms with E-state index in [2.05, 4.69) is 20.0 Å². The molecule has 2 aromatic rings. The predicted octanol–water partition coefficient (Wildman–Crippen LogP) is 1.57. The third-order valence-corrected chi connectivity index (χ3v) is 2.69. The number of carboxylic acid groups (broad SMARTS) is 1. The average molecular weight is 287 g/mol. The van der Waals surface area contributed by atoms with Gasteiger partial charge in [-0.15, -0.1) is 0 Å². The summed E-state index contributed by atoms with van der Waals surface area (Å²) in [7, 11) is 1.29. The molecule has 0 aliphatic carbocycles. The van der Waals surface area contributed by atoms with Gasteiger partial charge in [0.15, 0.2) is 0 Å². The number of anilines is 1. The maximum Gasteiger partial charge on any atom is 0.356 e. The number of carboxylic acids is 1. The second-order valence-corrected chi connectivity index (χ2v) is 4.13. The number of hydrogen-bond donors (Lipinski definition) is 2. The molecule has 0 aromatic carbocycles. The maximum absolute atomic E-state index is 11.4. The SMILES string of the molecule is COC(=O)c1cc(NCc2ccc(C(=O)O)nc2)ccn1. The van der Waals surface area contributed by atoms with E-state index in [-0.39, 0.29) is 11.4 Å². The molecule has 0 aliphatic rings. The van der Waals surface area contributed by atoms with Crippen LogP contribution in [0.4, 0.5) is 5.69 Å². The van der Waals surface area contributed by atoms with Crippen LogP contribution in [0.25, 0.3) is 0 Å². The quantitative estimate of drug-likeness (QED) is 0.805. The highest BCUT2D eigenvalue weighted by molar-refractivity contribution is 5.88. The van der Waals surface area contributed by atoms with Gasteiger partial charge >= 0.3 is 11.9 Å². The third kappa shape index (κ3) is 3.75. The van der Waals surface area contributed by atoms with Gasteiger partial charge in [0.25, 0.3) is 0 Å². The summed E-state index contributed by atoms with van der Waals surface area (Å²) in [5.74, 6) is -1.57. The number of nitrogens with zero attached hydrogens (tertiary/aromatic N) is 2. The minimum atomic E-state index is -1.06. The van der Waals surface area contributed by atoms with Gasteiger partial charge in [-0.25, -0.2) is 19.6 Å². The summed E-state index contributed by atoms with van der Waals surface area (Å²) < 4.78 is 4.59. The van der Waals surface area contributed by atoms with Crippen molar-refractivity contribution in [2.45, 2.75) is 6.54 Å². The van der Waals surface area contributed by atoms with Crippen molar-refractivity contribution in [3.63, 3.8) is 0 Å². The van der Waals surface area contributed by atoms with Crippen LogP contribution in [0, 0.1) is 0 Å². The van der Waals surface area contributed by atoms with Gasteiger partial charge in [-0.1, -0.05) is 6.07 Å². The highest BCUT2D eigenvalue weighted by atomic mass is 16.5. The van der Waals surface area contributed by atoms with Gasteiger partial charge in [0.05, 0.1) is 7.11 Å². The first kappa shape index (κ1) is 14.4. The highest BCUT2D eigenvalue weighted by Crippen LogP contribution is 2.11. The summed E-state index contributed by atoms with van der Waals surface area (Å²) in [5, 5.41) is 11.9. The van der Waals surface area contributed by atoms with Crippen molar-refractivity contribution in [2.75, 3.05) is 12.4 Å². The van der Waals surface area contributed by atoms with Crippen LogP contribution >= 0.6 is 0 Å². The summed E-state index contributed by atoms with van der Waals surface area (Å²) in [6.45, 7) is 0.442. The first-order valence-electron chi connectivity index (χ1n) is 6.06. The Morgan fingerprint density at radius 2 is 2.05 bits per heavy atom. The summed E-state index contributed by atoms with van der Waals surface area (Å²) in [4.78, 5) is 29.8. The van der Waals surface area contributed by atoms with Gasteiger partial charge in [-0.3, -0.25) is 0 Å². The molecule has 108 valence electrons. The molecule has 0 fully saturated rings. The molecule has 2 aromatic heterocycles. The minimum absolute atomic E-state index is 0.00404. The lowest BCUT2D eigenvalue weighted by Gasteiger charge is -2.07. The second-order valence-electron chi connectivity index (χ2n) is 4.13. The smallest absolute Gasteiger partial charge is 0.356 e. The molecule has 0 bridgehead atoms. The zero-order chi connectivity index (χ0) is 15.2. The van der Waals surface area contributed by atoms with Gasteiger partial charge in [0.2, 0.25) is 0 Å². The Morgan fingerprint density at radius 3 is 2.67 bits per heavy atom. The third-order valence-electron chi connectivity index (χ3n) is 2.69. The molecular formula is C14H13N3O4. The number of aromatic carboxylic acids is 1. The number of esters is 1. The molecule has 0 aliphatic heterocycles. The van der Waals surface area contributed by atoms with Crippen LogP contribution in [-0.2, 0) is 11.3 Å². The largest absolute Gasteiger partial charge is 0.477 e. The molecule has 7 nitrogen and oxygen atoms in total. The van der Waals surface area contributed by atoms with E-state index >= 15 is 0 Å². The van der Waals surface area contributed by atoms with Crippen molar-refractivity contribution < 1.29 is 19.4 Å². The number of carbonyl (C=O) groups is 2. The zero-order valence-corrected chi connectivity index (χ0v) is 11.2. The number of ether oxygens (including phenoxy) is 1. The minimum Gasteiger partial charge on any atom is -0.477 e. The van der Waals surface area contributed by atoms with Crippen LogP contribution in [-0.4, -0.2) is 34.1 Å². The first-order chi connectivity index (χ1) is 10.1. The Kier molecular flexibility index (Phi) is 4.45. The Bertz CT molecular complexity index is 656. The van der Waals surface area contributed by atoms with Crippen LogP contribution in [0.5, 0.6) is 0 Å². The van der Waals surface area contributed by atoms with Gasteiger partial charge in [0, 0.05) is 24.6 Å². The summed E-state index contributed by atoms with van der Waals surface area (Å²) >= 11 is 0. The van der Waals surface area contributed by atoms with Crippen LogP contribution in [0.3, 0.4) is 0 Å². The second kappa shape index (κ2) is 6.47. The molecular weight excluding hydrogens is 274 g/mol. The lowest BCUT2D eigenvalue weighted by atomic mass is 10.2. The number of carbonyl (C=O) groups excluding carboxylic acids is 1. The molecule has 2 rings (SSSR count). The Labute approximate surface area is 120 Å². The van der Waals surface area contributed by atoms with Crippen LogP contribution in [0.15, 0.2) is 36.7 Å². The average Bonchev–Trinajstić information content (AvgIpc) is 2.52. The first-order valence-corrected chi connectivity index (χ1v) is 6.06. The van der Waals surface area contributed by atoms with Crippen molar-refractivity contribution in [1.29, 1.82) is 0 Å². The van der Waals surface area contributed by atoms with E-state index in [4.69, 9.17) is 5.11 Å².